The first kappa shape index (κ1) is 20.9. The van der Waals surface area contributed by atoms with Gasteiger partial charge in [0.05, 0.1) is 0 Å². The molecule has 8 aromatic rings. The summed E-state index contributed by atoms with van der Waals surface area (Å²) in [6.07, 6.45) is 0. The number of para-hydroxylation sites is 2. The Kier molecular flexibility index (Phi) is 4.45. The van der Waals surface area contributed by atoms with Gasteiger partial charge in [0.1, 0.15) is 22.3 Å². The van der Waals surface area contributed by atoms with Crippen molar-refractivity contribution in [3.63, 3.8) is 0 Å². The van der Waals surface area contributed by atoms with E-state index >= 15 is 0 Å². The second-order valence-electron chi connectivity index (χ2n) is 9.26. The van der Waals surface area contributed by atoms with Crippen molar-refractivity contribution < 1.29 is 8.83 Å². The van der Waals surface area contributed by atoms with Crippen LogP contribution in [0, 0.1) is 0 Å². The topological polar surface area (TPSA) is 65.0 Å². The average Bonchev–Trinajstić information content (AvgIpc) is 3.55. The second-order valence-corrected chi connectivity index (χ2v) is 9.26. The van der Waals surface area contributed by atoms with E-state index in [1.807, 2.05) is 97.1 Å². The Bertz CT molecular complexity index is 2140. The summed E-state index contributed by atoms with van der Waals surface area (Å²) in [6.45, 7) is 0. The minimum Gasteiger partial charge on any atom is -0.456 e. The molecule has 0 amide bonds. The van der Waals surface area contributed by atoms with Gasteiger partial charge in [0, 0.05) is 38.2 Å². The average molecular weight is 490 g/mol. The maximum Gasteiger partial charge on any atom is 0.164 e. The molecule has 5 nitrogen and oxygen atoms in total. The third-order valence-corrected chi connectivity index (χ3v) is 6.95. The molecule has 0 unspecified atom stereocenters. The van der Waals surface area contributed by atoms with E-state index < -0.39 is 0 Å². The van der Waals surface area contributed by atoms with E-state index in [0.29, 0.717) is 17.5 Å². The SMILES string of the molecule is c1ccc(-c2nc(-c3ccc4c(c3)oc3ccccc34)nc(-c3cccc4oc5ccccc5c34)n2)cc1. The van der Waals surface area contributed by atoms with Crippen LogP contribution in [0.15, 0.2) is 124 Å². The Labute approximate surface area is 217 Å². The summed E-state index contributed by atoms with van der Waals surface area (Å²) >= 11 is 0. The molecule has 5 aromatic carbocycles. The van der Waals surface area contributed by atoms with Gasteiger partial charge in [0.15, 0.2) is 17.5 Å². The molecule has 0 saturated carbocycles. The van der Waals surface area contributed by atoms with Crippen LogP contribution >= 0.6 is 0 Å². The van der Waals surface area contributed by atoms with E-state index in [2.05, 4.69) is 18.2 Å². The lowest BCUT2D eigenvalue weighted by Crippen LogP contribution is -2.00. The Morgan fingerprint density at radius 3 is 1.84 bits per heavy atom. The molecule has 0 aliphatic carbocycles. The van der Waals surface area contributed by atoms with Gasteiger partial charge in [-0.1, -0.05) is 84.9 Å². The van der Waals surface area contributed by atoms with Crippen LogP contribution in [-0.4, -0.2) is 15.0 Å². The zero-order chi connectivity index (χ0) is 25.1. The zero-order valence-corrected chi connectivity index (χ0v) is 20.1. The Morgan fingerprint density at radius 1 is 0.395 bits per heavy atom. The first-order chi connectivity index (χ1) is 18.8. The van der Waals surface area contributed by atoms with Crippen LogP contribution < -0.4 is 0 Å². The van der Waals surface area contributed by atoms with Crippen LogP contribution in [0.25, 0.3) is 78.0 Å². The predicted octanol–water partition coefficient (Wildman–Crippen LogP) is 8.67. The second kappa shape index (κ2) is 8.11. The first-order valence-electron chi connectivity index (χ1n) is 12.5. The van der Waals surface area contributed by atoms with Gasteiger partial charge in [0.25, 0.3) is 0 Å². The van der Waals surface area contributed by atoms with Crippen molar-refractivity contribution in [1.82, 2.24) is 15.0 Å². The lowest BCUT2D eigenvalue weighted by Gasteiger charge is -2.09. The van der Waals surface area contributed by atoms with Gasteiger partial charge in [-0.25, -0.2) is 15.0 Å². The fourth-order valence-corrected chi connectivity index (χ4v) is 5.17. The number of nitrogens with zero attached hydrogens (tertiary/aromatic N) is 3. The molecule has 3 aromatic heterocycles. The summed E-state index contributed by atoms with van der Waals surface area (Å²) in [6, 6.07) is 38.2. The Balaban J connectivity index is 1.39. The molecule has 0 bridgehead atoms. The van der Waals surface area contributed by atoms with Crippen molar-refractivity contribution in [3.8, 4) is 34.2 Å². The molecule has 0 aliphatic rings. The number of furan rings is 2. The van der Waals surface area contributed by atoms with Gasteiger partial charge in [-0.2, -0.15) is 0 Å². The fraction of sp³-hybridized carbons (Fsp3) is 0. The van der Waals surface area contributed by atoms with Crippen LogP contribution in [0.2, 0.25) is 0 Å². The molecule has 38 heavy (non-hydrogen) atoms. The van der Waals surface area contributed by atoms with Crippen LogP contribution in [-0.2, 0) is 0 Å². The molecule has 0 N–H and O–H groups in total. The number of hydrogen-bond donors (Lipinski definition) is 0. The summed E-state index contributed by atoms with van der Waals surface area (Å²) in [5, 5.41) is 4.18. The molecular formula is C33H19N3O2. The highest BCUT2D eigenvalue weighted by atomic mass is 16.3. The highest BCUT2D eigenvalue weighted by molar-refractivity contribution is 6.12. The standard InChI is InChI=1S/C33H19N3O2/c1-2-9-20(10-3-1)31-34-32(21-17-18-23-22-11-4-6-14-26(22)38-29(23)19-21)36-33(35-31)25-13-8-16-28-30(25)24-12-5-7-15-27(24)37-28/h1-19H. The maximum atomic E-state index is 6.16. The summed E-state index contributed by atoms with van der Waals surface area (Å²) in [4.78, 5) is 14.8. The molecule has 0 saturated heterocycles. The quantitative estimate of drug-likeness (QED) is 0.248. The van der Waals surface area contributed by atoms with Crippen LogP contribution in [0.1, 0.15) is 0 Å². The maximum absolute atomic E-state index is 6.16. The van der Waals surface area contributed by atoms with Crippen molar-refractivity contribution in [2.75, 3.05) is 0 Å². The third kappa shape index (κ3) is 3.22. The first-order valence-corrected chi connectivity index (χ1v) is 12.5. The summed E-state index contributed by atoms with van der Waals surface area (Å²) in [5.74, 6) is 1.79. The van der Waals surface area contributed by atoms with E-state index in [9.17, 15) is 0 Å². The van der Waals surface area contributed by atoms with E-state index in [-0.39, 0.29) is 0 Å². The largest absolute Gasteiger partial charge is 0.456 e. The molecule has 5 heteroatoms. The molecule has 0 aliphatic heterocycles. The lowest BCUT2D eigenvalue weighted by molar-refractivity contribution is 0.668. The van der Waals surface area contributed by atoms with Crippen molar-refractivity contribution in [1.29, 1.82) is 0 Å². The van der Waals surface area contributed by atoms with Gasteiger partial charge in [-0.05, 0) is 30.3 Å². The molecule has 8 rings (SSSR count). The minimum atomic E-state index is 0.584. The van der Waals surface area contributed by atoms with E-state index in [1.165, 1.54) is 0 Å². The highest BCUT2D eigenvalue weighted by Gasteiger charge is 2.18. The monoisotopic (exact) mass is 489 g/mol. The summed E-state index contributed by atoms with van der Waals surface area (Å²) in [7, 11) is 0. The predicted molar refractivity (Wildman–Crippen MR) is 151 cm³/mol. The lowest BCUT2D eigenvalue weighted by atomic mass is 10.1. The molecule has 178 valence electrons. The van der Waals surface area contributed by atoms with Crippen LogP contribution in [0.5, 0.6) is 0 Å². The number of benzene rings is 5. The number of rotatable bonds is 3. The van der Waals surface area contributed by atoms with Gasteiger partial charge in [-0.3, -0.25) is 0 Å². The van der Waals surface area contributed by atoms with Crippen molar-refractivity contribution >= 4 is 43.9 Å². The normalized spacial score (nSPS) is 11.7. The van der Waals surface area contributed by atoms with Gasteiger partial charge in [-0.15, -0.1) is 0 Å². The molecule has 0 radical (unpaired) electrons. The van der Waals surface area contributed by atoms with Gasteiger partial charge < -0.3 is 8.83 Å². The van der Waals surface area contributed by atoms with Crippen LogP contribution in [0.3, 0.4) is 0 Å². The number of hydrogen-bond acceptors (Lipinski definition) is 5. The molecule has 0 atom stereocenters. The van der Waals surface area contributed by atoms with Crippen molar-refractivity contribution in [3.05, 3.63) is 115 Å². The van der Waals surface area contributed by atoms with E-state index in [0.717, 1.165) is 60.6 Å². The Hall–Kier alpha value is -5.29. The minimum absolute atomic E-state index is 0.584. The van der Waals surface area contributed by atoms with Crippen LogP contribution in [0.4, 0.5) is 0 Å². The number of fused-ring (bicyclic) bond motifs is 6. The van der Waals surface area contributed by atoms with Gasteiger partial charge in [0.2, 0.25) is 0 Å². The smallest absolute Gasteiger partial charge is 0.164 e. The highest BCUT2D eigenvalue weighted by Crippen LogP contribution is 2.37. The Morgan fingerprint density at radius 2 is 1.00 bits per heavy atom. The van der Waals surface area contributed by atoms with E-state index in [4.69, 9.17) is 23.8 Å². The third-order valence-electron chi connectivity index (χ3n) is 6.95. The summed E-state index contributed by atoms with van der Waals surface area (Å²) in [5.41, 5.74) is 5.99. The summed E-state index contributed by atoms with van der Waals surface area (Å²) < 4.78 is 12.3. The van der Waals surface area contributed by atoms with Crippen molar-refractivity contribution in [2.24, 2.45) is 0 Å². The fourth-order valence-electron chi connectivity index (χ4n) is 5.17. The van der Waals surface area contributed by atoms with Crippen molar-refractivity contribution in [2.45, 2.75) is 0 Å². The molecule has 0 spiro atoms. The van der Waals surface area contributed by atoms with Gasteiger partial charge >= 0.3 is 0 Å². The molecule has 3 heterocycles. The zero-order valence-electron chi connectivity index (χ0n) is 20.1. The molecule has 0 fully saturated rings. The molecular weight excluding hydrogens is 470 g/mol. The number of aromatic nitrogens is 3. The van der Waals surface area contributed by atoms with E-state index in [1.54, 1.807) is 0 Å².